The van der Waals surface area contributed by atoms with Crippen LogP contribution in [0.5, 0.6) is 0 Å². The standard InChI is InChI=1S/C10H11BrClNO3S2/c11-10-8(12)4-9(17-10)18(15,16)13-3-1-2-7(5-13)6-14/h4,6-7H,1-3,5H2. The van der Waals surface area contributed by atoms with E-state index in [-0.39, 0.29) is 16.7 Å². The molecule has 0 bridgehead atoms. The Morgan fingerprint density at radius 1 is 1.56 bits per heavy atom. The second-order valence-corrected chi connectivity index (χ2v) is 9.03. The van der Waals surface area contributed by atoms with E-state index in [0.717, 1.165) is 24.0 Å². The Kier molecular flexibility index (Phi) is 4.48. The zero-order valence-corrected chi connectivity index (χ0v) is 13.3. The smallest absolute Gasteiger partial charge is 0.252 e. The van der Waals surface area contributed by atoms with Gasteiger partial charge in [-0.1, -0.05) is 11.6 Å². The van der Waals surface area contributed by atoms with Crippen LogP contribution in [0.2, 0.25) is 5.02 Å². The van der Waals surface area contributed by atoms with Gasteiger partial charge in [0.15, 0.2) is 0 Å². The van der Waals surface area contributed by atoms with Gasteiger partial charge < -0.3 is 4.79 Å². The SMILES string of the molecule is O=CC1CCCN(S(=O)(=O)c2cc(Cl)c(Br)s2)C1. The van der Waals surface area contributed by atoms with Crippen LogP contribution in [0.25, 0.3) is 0 Å². The average Bonchev–Trinajstić information content (AvgIpc) is 2.70. The number of thiophene rings is 1. The maximum absolute atomic E-state index is 12.4. The van der Waals surface area contributed by atoms with Crippen LogP contribution < -0.4 is 0 Å². The highest BCUT2D eigenvalue weighted by atomic mass is 79.9. The maximum atomic E-state index is 12.4. The number of carbonyl (C=O) groups is 1. The van der Waals surface area contributed by atoms with Crippen molar-refractivity contribution in [3.63, 3.8) is 0 Å². The number of nitrogens with zero attached hydrogens (tertiary/aromatic N) is 1. The summed E-state index contributed by atoms with van der Waals surface area (Å²) >= 11 is 10.2. The molecule has 1 fully saturated rings. The molecule has 18 heavy (non-hydrogen) atoms. The van der Waals surface area contributed by atoms with Gasteiger partial charge in [-0.2, -0.15) is 4.31 Å². The van der Waals surface area contributed by atoms with E-state index in [1.165, 1.54) is 10.4 Å². The molecule has 0 radical (unpaired) electrons. The fourth-order valence-electron chi connectivity index (χ4n) is 1.88. The van der Waals surface area contributed by atoms with Crippen molar-refractivity contribution in [2.75, 3.05) is 13.1 Å². The van der Waals surface area contributed by atoms with E-state index in [2.05, 4.69) is 15.9 Å². The van der Waals surface area contributed by atoms with Gasteiger partial charge in [-0.05, 0) is 34.8 Å². The van der Waals surface area contributed by atoms with E-state index < -0.39 is 10.0 Å². The zero-order chi connectivity index (χ0) is 13.3. The quantitative estimate of drug-likeness (QED) is 0.767. The summed E-state index contributed by atoms with van der Waals surface area (Å²) in [6, 6.07) is 1.44. The van der Waals surface area contributed by atoms with Crippen LogP contribution in [-0.2, 0) is 14.8 Å². The Labute approximate surface area is 123 Å². The lowest BCUT2D eigenvalue weighted by molar-refractivity contribution is -0.112. The van der Waals surface area contributed by atoms with Gasteiger partial charge in [0.2, 0.25) is 0 Å². The largest absolute Gasteiger partial charge is 0.303 e. The lowest BCUT2D eigenvalue weighted by atomic mass is 10.0. The highest BCUT2D eigenvalue weighted by Crippen LogP contribution is 2.36. The van der Waals surface area contributed by atoms with E-state index >= 15 is 0 Å². The fraction of sp³-hybridized carbons (Fsp3) is 0.500. The first-order valence-electron chi connectivity index (χ1n) is 5.35. The van der Waals surface area contributed by atoms with Crippen molar-refractivity contribution in [3.05, 3.63) is 14.9 Å². The van der Waals surface area contributed by atoms with Crippen molar-refractivity contribution in [1.82, 2.24) is 4.31 Å². The molecule has 0 aliphatic carbocycles. The third kappa shape index (κ3) is 2.80. The zero-order valence-electron chi connectivity index (χ0n) is 9.30. The van der Waals surface area contributed by atoms with Crippen molar-refractivity contribution in [2.24, 2.45) is 5.92 Å². The summed E-state index contributed by atoms with van der Waals surface area (Å²) in [6.45, 7) is 0.721. The minimum atomic E-state index is -3.53. The summed E-state index contributed by atoms with van der Waals surface area (Å²) < 4.78 is 26.9. The molecule has 1 unspecified atom stereocenters. The molecule has 2 rings (SSSR count). The first-order valence-corrected chi connectivity index (χ1v) is 8.78. The molecule has 1 aromatic rings. The second kappa shape index (κ2) is 5.58. The Morgan fingerprint density at radius 2 is 2.28 bits per heavy atom. The van der Waals surface area contributed by atoms with Crippen LogP contribution in [-0.4, -0.2) is 32.1 Å². The van der Waals surface area contributed by atoms with Crippen LogP contribution in [0.3, 0.4) is 0 Å². The number of carbonyl (C=O) groups excluding carboxylic acids is 1. The Balaban J connectivity index is 2.28. The van der Waals surface area contributed by atoms with Crippen LogP contribution >= 0.6 is 38.9 Å². The molecule has 0 N–H and O–H groups in total. The molecular weight excluding hydrogens is 362 g/mol. The number of halogens is 2. The van der Waals surface area contributed by atoms with Gasteiger partial charge >= 0.3 is 0 Å². The first-order chi connectivity index (χ1) is 8.45. The Bertz CT molecular complexity index is 538. The molecular formula is C10H11BrClNO3S2. The third-order valence-electron chi connectivity index (χ3n) is 2.83. The van der Waals surface area contributed by atoms with Gasteiger partial charge in [0.1, 0.15) is 10.5 Å². The van der Waals surface area contributed by atoms with E-state index in [1.807, 2.05) is 0 Å². The average molecular weight is 373 g/mol. The molecule has 1 aromatic heterocycles. The molecule has 4 nitrogen and oxygen atoms in total. The van der Waals surface area contributed by atoms with Crippen LogP contribution in [0.15, 0.2) is 14.1 Å². The van der Waals surface area contributed by atoms with Crippen LogP contribution in [0, 0.1) is 5.92 Å². The summed E-state index contributed by atoms with van der Waals surface area (Å²) in [4.78, 5) is 10.8. The molecule has 0 amide bonds. The Hall–Kier alpha value is 0.0500. The van der Waals surface area contributed by atoms with Crippen molar-refractivity contribution in [2.45, 2.75) is 17.1 Å². The van der Waals surface area contributed by atoms with Gasteiger partial charge in [0.25, 0.3) is 10.0 Å². The number of hydrogen-bond donors (Lipinski definition) is 0. The summed E-state index contributed by atoms with van der Waals surface area (Å²) in [5.74, 6) is -0.201. The molecule has 1 aliphatic rings. The fourth-order valence-corrected chi connectivity index (χ4v) is 5.97. The lowest BCUT2D eigenvalue weighted by Crippen LogP contribution is -2.40. The molecule has 8 heteroatoms. The molecule has 0 spiro atoms. The molecule has 0 aromatic carbocycles. The molecule has 0 saturated carbocycles. The predicted molar refractivity (Wildman–Crippen MR) is 74.6 cm³/mol. The topological polar surface area (TPSA) is 54.5 Å². The summed E-state index contributed by atoms with van der Waals surface area (Å²) in [5, 5.41) is 0.391. The second-order valence-electron chi connectivity index (χ2n) is 4.09. The van der Waals surface area contributed by atoms with Gasteiger partial charge in [-0.25, -0.2) is 8.42 Å². The molecule has 2 heterocycles. The predicted octanol–water partition coefficient (Wildman–Crippen LogP) is 2.76. The number of hydrogen-bond acceptors (Lipinski definition) is 4. The number of sulfonamides is 1. The van der Waals surface area contributed by atoms with Gasteiger partial charge in [-0.3, -0.25) is 0 Å². The van der Waals surface area contributed by atoms with E-state index in [9.17, 15) is 13.2 Å². The Morgan fingerprint density at radius 3 is 2.83 bits per heavy atom. The maximum Gasteiger partial charge on any atom is 0.252 e. The molecule has 1 saturated heterocycles. The van der Waals surface area contributed by atoms with Gasteiger partial charge in [0.05, 0.1) is 8.81 Å². The van der Waals surface area contributed by atoms with E-state index in [1.54, 1.807) is 0 Å². The summed E-state index contributed by atoms with van der Waals surface area (Å²) in [6.07, 6.45) is 2.30. The van der Waals surface area contributed by atoms with Crippen molar-refractivity contribution in [3.8, 4) is 0 Å². The highest BCUT2D eigenvalue weighted by molar-refractivity contribution is 9.11. The molecule has 1 aliphatic heterocycles. The minimum absolute atomic E-state index is 0.201. The molecule has 100 valence electrons. The first kappa shape index (κ1) is 14.5. The number of piperidine rings is 1. The van der Waals surface area contributed by atoms with E-state index in [0.29, 0.717) is 21.8 Å². The van der Waals surface area contributed by atoms with Crippen LogP contribution in [0.4, 0.5) is 0 Å². The van der Waals surface area contributed by atoms with E-state index in [4.69, 9.17) is 11.6 Å². The van der Waals surface area contributed by atoms with Crippen molar-refractivity contribution >= 4 is 55.2 Å². The lowest BCUT2D eigenvalue weighted by Gasteiger charge is -2.28. The third-order valence-corrected chi connectivity index (χ3v) is 7.62. The molecule has 1 atom stereocenters. The van der Waals surface area contributed by atoms with Gasteiger partial charge in [-0.15, -0.1) is 11.3 Å². The van der Waals surface area contributed by atoms with Crippen LogP contribution in [0.1, 0.15) is 12.8 Å². The van der Waals surface area contributed by atoms with Crippen molar-refractivity contribution < 1.29 is 13.2 Å². The minimum Gasteiger partial charge on any atom is -0.303 e. The highest BCUT2D eigenvalue weighted by Gasteiger charge is 2.31. The number of aldehydes is 1. The number of rotatable bonds is 3. The normalized spacial score (nSPS) is 22.0. The summed E-state index contributed by atoms with van der Waals surface area (Å²) in [5.41, 5.74) is 0. The summed E-state index contributed by atoms with van der Waals surface area (Å²) in [7, 11) is -3.53. The monoisotopic (exact) mass is 371 g/mol. The van der Waals surface area contributed by atoms with Gasteiger partial charge in [0, 0.05) is 19.0 Å². The van der Waals surface area contributed by atoms with Crippen molar-refractivity contribution in [1.29, 1.82) is 0 Å².